The fourth-order valence-electron chi connectivity index (χ4n) is 3.25. The Labute approximate surface area is 176 Å². The van der Waals surface area contributed by atoms with Gasteiger partial charge in [-0.2, -0.15) is 5.26 Å². The Morgan fingerprint density at radius 2 is 1.80 bits per heavy atom. The van der Waals surface area contributed by atoms with E-state index < -0.39 is 5.82 Å². The first-order valence-corrected chi connectivity index (χ1v) is 9.16. The van der Waals surface area contributed by atoms with Crippen LogP contribution in [0, 0.1) is 17.1 Å². The van der Waals surface area contributed by atoms with Gasteiger partial charge in [0.25, 0.3) is 0 Å². The maximum Gasteiger partial charge on any atom is 0.166 e. The second-order valence-corrected chi connectivity index (χ2v) is 6.90. The lowest BCUT2D eigenvalue weighted by Gasteiger charge is -2.15. The summed E-state index contributed by atoms with van der Waals surface area (Å²) in [5.41, 5.74) is 1.72. The van der Waals surface area contributed by atoms with Gasteiger partial charge in [0, 0.05) is 17.6 Å². The number of methoxy groups -OCH3 is 2. The summed E-state index contributed by atoms with van der Waals surface area (Å²) in [5, 5.41) is 25.1. The highest BCUT2D eigenvalue weighted by Gasteiger charge is 2.15. The summed E-state index contributed by atoms with van der Waals surface area (Å²) in [6.07, 6.45) is 1.44. The van der Waals surface area contributed by atoms with E-state index in [9.17, 15) is 14.8 Å². The SMILES string of the molecule is COc1cc2cc3c(Nc4cc(OC)c(F)cc4Cl)c(C#N)cnc3cc2cc1O. The van der Waals surface area contributed by atoms with E-state index in [2.05, 4.69) is 16.4 Å². The lowest BCUT2D eigenvalue weighted by molar-refractivity contribution is 0.374. The Kier molecular flexibility index (Phi) is 4.94. The van der Waals surface area contributed by atoms with Gasteiger partial charge in [0.2, 0.25) is 0 Å². The van der Waals surface area contributed by atoms with Crippen molar-refractivity contribution >= 4 is 44.7 Å². The highest BCUT2D eigenvalue weighted by molar-refractivity contribution is 6.33. The second-order valence-electron chi connectivity index (χ2n) is 6.49. The van der Waals surface area contributed by atoms with Crippen LogP contribution in [0.2, 0.25) is 5.02 Å². The zero-order valence-electron chi connectivity index (χ0n) is 16.0. The summed E-state index contributed by atoms with van der Waals surface area (Å²) < 4.78 is 24.1. The van der Waals surface area contributed by atoms with Crippen LogP contribution >= 0.6 is 11.6 Å². The van der Waals surface area contributed by atoms with E-state index in [1.165, 1.54) is 26.5 Å². The van der Waals surface area contributed by atoms with Crippen molar-refractivity contribution in [3.8, 4) is 23.3 Å². The van der Waals surface area contributed by atoms with Crippen LogP contribution in [-0.2, 0) is 0 Å². The zero-order valence-corrected chi connectivity index (χ0v) is 16.7. The van der Waals surface area contributed by atoms with Crippen LogP contribution in [0.5, 0.6) is 17.2 Å². The fraction of sp³-hybridized carbons (Fsp3) is 0.0909. The van der Waals surface area contributed by atoms with E-state index >= 15 is 0 Å². The number of fused-ring (bicyclic) bond motifs is 2. The molecule has 3 aromatic carbocycles. The number of nitriles is 1. The monoisotopic (exact) mass is 423 g/mol. The van der Waals surface area contributed by atoms with Crippen LogP contribution in [0.15, 0.2) is 42.6 Å². The zero-order chi connectivity index (χ0) is 21.4. The van der Waals surface area contributed by atoms with Gasteiger partial charge in [-0.05, 0) is 41.1 Å². The minimum absolute atomic E-state index is 0.0153. The molecule has 0 atom stereocenters. The Morgan fingerprint density at radius 1 is 1.07 bits per heavy atom. The van der Waals surface area contributed by atoms with Crippen molar-refractivity contribution in [1.29, 1.82) is 5.26 Å². The molecule has 0 aliphatic carbocycles. The number of anilines is 2. The molecule has 0 saturated carbocycles. The van der Waals surface area contributed by atoms with Gasteiger partial charge in [0.05, 0.1) is 41.7 Å². The van der Waals surface area contributed by atoms with Gasteiger partial charge < -0.3 is 19.9 Å². The third-order valence-electron chi connectivity index (χ3n) is 4.75. The van der Waals surface area contributed by atoms with Crippen molar-refractivity contribution in [3.63, 3.8) is 0 Å². The van der Waals surface area contributed by atoms with Crippen LogP contribution in [-0.4, -0.2) is 24.3 Å². The molecule has 1 heterocycles. The molecule has 0 fully saturated rings. The van der Waals surface area contributed by atoms with Crippen molar-refractivity contribution in [2.24, 2.45) is 0 Å². The minimum Gasteiger partial charge on any atom is -0.504 e. The van der Waals surface area contributed by atoms with E-state index in [0.717, 1.165) is 16.8 Å². The first-order chi connectivity index (χ1) is 14.4. The fourth-order valence-corrected chi connectivity index (χ4v) is 3.45. The van der Waals surface area contributed by atoms with Crippen LogP contribution in [0.4, 0.5) is 15.8 Å². The average Bonchev–Trinajstić information content (AvgIpc) is 2.74. The van der Waals surface area contributed by atoms with E-state index in [0.29, 0.717) is 28.0 Å². The van der Waals surface area contributed by atoms with Crippen LogP contribution in [0.25, 0.3) is 21.7 Å². The Balaban J connectivity index is 1.96. The van der Waals surface area contributed by atoms with Gasteiger partial charge in [-0.3, -0.25) is 4.98 Å². The number of nitrogens with zero attached hydrogens (tertiary/aromatic N) is 2. The normalized spacial score (nSPS) is 10.8. The lowest BCUT2D eigenvalue weighted by Crippen LogP contribution is -1.99. The van der Waals surface area contributed by atoms with Crippen molar-refractivity contribution in [3.05, 3.63) is 59.0 Å². The predicted octanol–water partition coefficient (Wildman–Crippen LogP) is 5.52. The highest BCUT2D eigenvalue weighted by atomic mass is 35.5. The predicted molar refractivity (Wildman–Crippen MR) is 113 cm³/mol. The molecule has 0 unspecified atom stereocenters. The molecule has 0 saturated heterocycles. The molecule has 0 aliphatic rings. The molecule has 8 heteroatoms. The van der Waals surface area contributed by atoms with Crippen molar-refractivity contribution in [1.82, 2.24) is 4.98 Å². The van der Waals surface area contributed by atoms with Crippen LogP contribution in [0.1, 0.15) is 5.56 Å². The summed E-state index contributed by atoms with van der Waals surface area (Å²) in [4.78, 5) is 4.35. The van der Waals surface area contributed by atoms with Crippen molar-refractivity contribution in [2.75, 3.05) is 19.5 Å². The molecular weight excluding hydrogens is 409 g/mol. The van der Waals surface area contributed by atoms with Gasteiger partial charge >= 0.3 is 0 Å². The number of nitrogens with one attached hydrogen (secondary N) is 1. The smallest absolute Gasteiger partial charge is 0.166 e. The molecule has 150 valence electrons. The molecule has 0 spiro atoms. The molecule has 4 aromatic rings. The average molecular weight is 424 g/mol. The Hall–Kier alpha value is -3.76. The number of pyridine rings is 1. The maximum absolute atomic E-state index is 13.9. The molecule has 2 N–H and O–H groups in total. The summed E-state index contributed by atoms with van der Waals surface area (Å²) >= 11 is 6.21. The molecule has 0 radical (unpaired) electrons. The molecule has 0 bridgehead atoms. The number of aromatic hydroxyl groups is 1. The van der Waals surface area contributed by atoms with Gasteiger partial charge in [0.1, 0.15) is 6.07 Å². The number of hydrogen-bond acceptors (Lipinski definition) is 6. The molecular formula is C22H15ClFN3O3. The topological polar surface area (TPSA) is 87.4 Å². The standard InChI is InChI=1S/C22H15ClFN3O3/c1-29-20-8-18(15(23)7-16(20)24)27-22-13(9-25)10-26-17-4-12-5-19(28)21(30-2)6-11(12)3-14(17)22/h3-8,10,28H,1-2H3,(H,26,27). The Bertz CT molecular complexity index is 1350. The van der Waals surface area contributed by atoms with Crippen molar-refractivity contribution < 1.29 is 19.0 Å². The summed E-state index contributed by atoms with van der Waals surface area (Å²) in [6, 6.07) is 11.6. The number of phenols is 1. The van der Waals surface area contributed by atoms with E-state index in [1.54, 1.807) is 18.2 Å². The largest absolute Gasteiger partial charge is 0.504 e. The number of aromatic nitrogens is 1. The van der Waals surface area contributed by atoms with Gasteiger partial charge in [0.15, 0.2) is 23.1 Å². The first kappa shape index (κ1) is 19.6. The van der Waals surface area contributed by atoms with Gasteiger partial charge in [-0.15, -0.1) is 0 Å². The van der Waals surface area contributed by atoms with Crippen molar-refractivity contribution in [2.45, 2.75) is 0 Å². The van der Waals surface area contributed by atoms with Gasteiger partial charge in [-0.25, -0.2) is 4.39 Å². The van der Waals surface area contributed by atoms with Crippen LogP contribution < -0.4 is 14.8 Å². The molecule has 0 aliphatic heterocycles. The second kappa shape index (κ2) is 7.58. The number of rotatable bonds is 4. The van der Waals surface area contributed by atoms with E-state index in [4.69, 9.17) is 21.1 Å². The minimum atomic E-state index is -0.592. The summed E-state index contributed by atoms with van der Waals surface area (Å²) in [6.45, 7) is 0. The third kappa shape index (κ3) is 3.27. The number of benzene rings is 3. The number of halogens is 2. The summed E-state index contributed by atoms with van der Waals surface area (Å²) in [7, 11) is 2.82. The van der Waals surface area contributed by atoms with Crippen LogP contribution in [0.3, 0.4) is 0 Å². The molecule has 30 heavy (non-hydrogen) atoms. The quantitative estimate of drug-likeness (QED) is 0.420. The van der Waals surface area contributed by atoms with Gasteiger partial charge in [-0.1, -0.05) is 11.6 Å². The van der Waals surface area contributed by atoms with E-state index in [1.807, 2.05) is 6.07 Å². The number of phenolic OH excluding ortho intramolecular Hbond substituents is 1. The maximum atomic E-state index is 13.9. The number of hydrogen-bond donors (Lipinski definition) is 2. The molecule has 0 amide bonds. The highest BCUT2D eigenvalue weighted by Crippen LogP contribution is 2.38. The summed E-state index contributed by atoms with van der Waals surface area (Å²) in [5.74, 6) is -0.232. The molecule has 1 aromatic heterocycles. The number of ether oxygens (including phenoxy) is 2. The molecule has 6 nitrogen and oxygen atoms in total. The van der Waals surface area contributed by atoms with E-state index in [-0.39, 0.29) is 22.1 Å². The first-order valence-electron chi connectivity index (χ1n) is 8.78. The molecule has 4 rings (SSSR count). The lowest BCUT2D eigenvalue weighted by atomic mass is 10.0. The Morgan fingerprint density at radius 3 is 2.50 bits per heavy atom. The third-order valence-corrected chi connectivity index (χ3v) is 5.06.